The molecule has 3 heterocycles. The van der Waals surface area contributed by atoms with Gasteiger partial charge in [0.25, 0.3) is 0 Å². The predicted octanol–water partition coefficient (Wildman–Crippen LogP) is 3.45. The van der Waals surface area contributed by atoms with Crippen molar-refractivity contribution in [1.82, 2.24) is 19.9 Å². The van der Waals surface area contributed by atoms with Crippen LogP contribution in [0.3, 0.4) is 0 Å². The van der Waals surface area contributed by atoms with Crippen molar-refractivity contribution >= 4 is 17.5 Å². The fraction of sp³-hybridized carbons (Fsp3) is 0.600. The number of rotatable bonds is 4. The molecule has 2 aromatic rings. The molecule has 8 heteroatoms. The summed E-state index contributed by atoms with van der Waals surface area (Å²) in [5.74, 6) is 1.40. The van der Waals surface area contributed by atoms with E-state index in [9.17, 15) is 9.59 Å². The molecule has 0 radical (unpaired) electrons. The minimum Gasteiger partial charge on any atom is -0.372 e. The van der Waals surface area contributed by atoms with Crippen molar-refractivity contribution in [2.45, 2.75) is 45.4 Å². The summed E-state index contributed by atoms with van der Waals surface area (Å²) in [6, 6.07) is 8.15. The van der Waals surface area contributed by atoms with E-state index in [-0.39, 0.29) is 23.6 Å². The molecule has 0 bridgehead atoms. The van der Waals surface area contributed by atoms with Gasteiger partial charge in [-0.25, -0.2) is 0 Å². The Bertz CT molecular complexity index is 966. The maximum atomic E-state index is 12.9. The van der Waals surface area contributed by atoms with Crippen molar-refractivity contribution in [2.75, 3.05) is 44.2 Å². The Labute approximate surface area is 194 Å². The molecule has 33 heavy (non-hydrogen) atoms. The zero-order valence-corrected chi connectivity index (χ0v) is 19.4. The fourth-order valence-electron chi connectivity index (χ4n) is 5.21. The van der Waals surface area contributed by atoms with E-state index in [1.54, 1.807) is 4.90 Å². The van der Waals surface area contributed by atoms with Crippen LogP contribution in [0.4, 0.5) is 5.69 Å². The number of benzene rings is 1. The van der Waals surface area contributed by atoms with Crippen molar-refractivity contribution in [2.24, 2.45) is 11.8 Å². The van der Waals surface area contributed by atoms with Gasteiger partial charge < -0.3 is 19.2 Å². The monoisotopic (exact) mass is 451 g/mol. The number of nitrogens with zero attached hydrogens (tertiary/aromatic N) is 5. The van der Waals surface area contributed by atoms with Crippen LogP contribution in [0.5, 0.6) is 0 Å². The van der Waals surface area contributed by atoms with Gasteiger partial charge in [-0.05, 0) is 55.9 Å². The molecule has 2 saturated heterocycles. The lowest BCUT2D eigenvalue weighted by molar-refractivity contribution is -0.136. The third-order valence-electron chi connectivity index (χ3n) is 7.47. The standard InChI is InChI=1S/C25H33N5O3/c1-18-10-12-28(13-11-18)21-8-6-19(7-9-21)22-26-23(33-27-22)25(32)30-16-14-29(15-17-30)24(31)20-4-2-3-5-20/h6-9,18,20H,2-5,10-17H2,1H3. The smallest absolute Gasteiger partial charge is 0.316 e. The predicted molar refractivity (Wildman–Crippen MR) is 125 cm³/mol. The Balaban J connectivity index is 1.17. The number of anilines is 1. The van der Waals surface area contributed by atoms with Gasteiger partial charge in [0, 0.05) is 56.4 Å². The second kappa shape index (κ2) is 9.53. The summed E-state index contributed by atoms with van der Waals surface area (Å²) in [4.78, 5) is 35.9. The summed E-state index contributed by atoms with van der Waals surface area (Å²) >= 11 is 0. The van der Waals surface area contributed by atoms with Gasteiger partial charge in [0.05, 0.1) is 0 Å². The number of hydrogen-bond acceptors (Lipinski definition) is 6. The first-order valence-electron chi connectivity index (χ1n) is 12.4. The highest BCUT2D eigenvalue weighted by Crippen LogP contribution is 2.28. The molecule has 1 aromatic carbocycles. The van der Waals surface area contributed by atoms with Gasteiger partial charge >= 0.3 is 11.8 Å². The number of piperazine rings is 1. The Morgan fingerprint density at radius 3 is 2.18 bits per heavy atom. The lowest BCUT2D eigenvalue weighted by Gasteiger charge is -2.35. The molecular weight excluding hydrogens is 418 g/mol. The number of carbonyl (C=O) groups is 2. The summed E-state index contributed by atoms with van der Waals surface area (Å²) in [6.07, 6.45) is 6.74. The van der Waals surface area contributed by atoms with Crippen LogP contribution in [0, 0.1) is 11.8 Å². The van der Waals surface area contributed by atoms with E-state index in [0.29, 0.717) is 32.0 Å². The maximum Gasteiger partial charge on any atom is 0.316 e. The number of aromatic nitrogens is 2. The van der Waals surface area contributed by atoms with Crippen LogP contribution >= 0.6 is 0 Å². The third-order valence-corrected chi connectivity index (χ3v) is 7.47. The Kier molecular flexibility index (Phi) is 6.33. The molecule has 1 aromatic heterocycles. The summed E-state index contributed by atoms with van der Waals surface area (Å²) in [6.45, 7) is 6.61. The highest BCUT2D eigenvalue weighted by molar-refractivity contribution is 5.90. The molecule has 3 aliphatic rings. The van der Waals surface area contributed by atoms with Crippen LogP contribution in [-0.4, -0.2) is 71.0 Å². The molecule has 1 aliphatic carbocycles. The quantitative estimate of drug-likeness (QED) is 0.708. The number of hydrogen-bond donors (Lipinski definition) is 0. The largest absolute Gasteiger partial charge is 0.372 e. The third kappa shape index (κ3) is 4.75. The summed E-state index contributed by atoms with van der Waals surface area (Å²) in [7, 11) is 0. The van der Waals surface area contributed by atoms with Crippen LogP contribution < -0.4 is 4.90 Å². The van der Waals surface area contributed by atoms with Crippen LogP contribution in [0.25, 0.3) is 11.4 Å². The first kappa shape index (κ1) is 21.9. The molecule has 1 saturated carbocycles. The van der Waals surface area contributed by atoms with E-state index in [4.69, 9.17) is 4.52 Å². The molecular formula is C25H33N5O3. The van der Waals surface area contributed by atoms with E-state index in [2.05, 4.69) is 34.1 Å². The molecule has 0 spiro atoms. The molecule has 8 nitrogen and oxygen atoms in total. The number of amides is 2. The highest BCUT2D eigenvalue weighted by atomic mass is 16.5. The maximum absolute atomic E-state index is 12.9. The minimum absolute atomic E-state index is 0.00895. The van der Waals surface area contributed by atoms with E-state index >= 15 is 0 Å². The summed E-state index contributed by atoms with van der Waals surface area (Å²) < 4.78 is 5.30. The zero-order valence-electron chi connectivity index (χ0n) is 19.4. The first-order chi connectivity index (χ1) is 16.1. The molecule has 0 unspecified atom stereocenters. The van der Waals surface area contributed by atoms with Crippen molar-refractivity contribution in [3.05, 3.63) is 30.2 Å². The van der Waals surface area contributed by atoms with Crippen LogP contribution in [0.15, 0.2) is 28.8 Å². The van der Waals surface area contributed by atoms with Crippen molar-refractivity contribution < 1.29 is 14.1 Å². The van der Waals surface area contributed by atoms with Crippen molar-refractivity contribution in [3.8, 4) is 11.4 Å². The van der Waals surface area contributed by atoms with E-state index in [0.717, 1.165) is 50.3 Å². The van der Waals surface area contributed by atoms with Gasteiger partial charge in [0.15, 0.2) is 0 Å². The molecule has 5 rings (SSSR count). The first-order valence-corrected chi connectivity index (χ1v) is 12.4. The number of carbonyl (C=O) groups excluding carboxylic acids is 2. The van der Waals surface area contributed by atoms with Gasteiger partial charge in [-0.2, -0.15) is 4.98 Å². The lowest BCUT2D eigenvalue weighted by Crippen LogP contribution is -2.51. The molecule has 0 N–H and O–H groups in total. The van der Waals surface area contributed by atoms with Crippen LogP contribution in [-0.2, 0) is 4.79 Å². The van der Waals surface area contributed by atoms with E-state index in [1.807, 2.05) is 17.0 Å². The van der Waals surface area contributed by atoms with Crippen LogP contribution in [0.1, 0.15) is 56.1 Å². The van der Waals surface area contributed by atoms with Gasteiger partial charge in [0.1, 0.15) is 0 Å². The Morgan fingerprint density at radius 2 is 1.52 bits per heavy atom. The highest BCUT2D eigenvalue weighted by Gasteiger charge is 2.32. The van der Waals surface area contributed by atoms with E-state index < -0.39 is 0 Å². The normalized spacial score (nSPS) is 20.5. The van der Waals surface area contributed by atoms with E-state index in [1.165, 1.54) is 18.5 Å². The van der Waals surface area contributed by atoms with Crippen molar-refractivity contribution in [1.29, 1.82) is 0 Å². The average molecular weight is 452 g/mol. The molecule has 0 atom stereocenters. The molecule has 3 fully saturated rings. The summed E-state index contributed by atoms with van der Waals surface area (Å²) in [5.41, 5.74) is 2.04. The Morgan fingerprint density at radius 1 is 0.879 bits per heavy atom. The second-order valence-corrected chi connectivity index (χ2v) is 9.74. The van der Waals surface area contributed by atoms with Gasteiger partial charge in [0.2, 0.25) is 11.7 Å². The second-order valence-electron chi connectivity index (χ2n) is 9.74. The SMILES string of the molecule is CC1CCN(c2ccc(-c3noc(C(=O)N4CCN(C(=O)C5CCCC5)CC4)n3)cc2)CC1. The topological polar surface area (TPSA) is 82.8 Å². The van der Waals surface area contributed by atoms with Gasteiger partial charge in [-0.3, -0.25) is 9.59 Å². The van der Waals surface area contributed by atoms with Crippen molar-refractivity contribution in [3.63, 3.8) is 0 Å². The number of piperidine rings is 1. The van der Waals surface area contributed by atoms with Gasteiger partial charge in [-0.15, -0.1) is 0 Å². The zero-order chi connectivity index (χ0) is 22.8. The average Bonchev–Trinajstić information content (AvgIpc) is 3.57. The van der Waals surface area contributed by atoms with Crippen LogP contribution in [0.2, 0.25) is 0 Å². The lowest BCUT2D eigenvalue weighted by atomic mass is 9.98. The molecule has 2 amide bonds. The fourth-order valence-corrected chi connectivity index (χ4v) is 5.21. The Hall–Kier alpha value is -2.90. The van der Waals surface area contributed by atoms with Gasteiger partial charge in [-0.1, -0.05) is 24.9 Å². The molecule has 176 valence electrons. The minimum atomic E-state index is -0.263. The summed E-state index contributed by atoms with van der Waals surface area (Å²) in [5, 5.41) is 4.04. The molecule has 2 aliphatic heterocycles.